The fourth-order valence-corrected chi connectivity index (χ4v) is 2.72. The van der Waals surface area contributed by atoms with Crippen molar-refractivity contribution < 1.29 is 4.79 Å². The number of rotatable bonds is 8. The number of carbonyl (C=O) groups excluding carboxylic acids is 1. The molecule has 0 saturated heterocycles. The van der Waals surface area contributed by atoms with Gasteiger partial charge < -0.3 is 0 Å². The van der Waals surface area contributed by atoms with Gasteiger partial charge >= 0.3 is 0 Å². The minimum absolute atomic E-state index is 0.255. The molecule has 0 aliphatic rings. The van der Waals surface area contributed by atoms with Gasteiger partial charge in [-0.1, -0.05) is 52.0 Å². The summed E-state index contributed by atoms with van der Waals surface area (Å²) in [7, 11) is 0. The van der Waals surface area contributed by atoms with Crippen LogP contribution in [0.5, 0.6) is 0 Å². The summed E-state index contributed by atoms with van der Waals surface area (Å²) in [6.45, 7) is 12.6. The van der Waals surface area contributed by atoms with E-state index in [-0.39, 0.29) is 5.12 Å². The molecule has 0 aliphatic carbocycles. The van der Waals surface area contributed by atoms with Crippen LogP contribution >= 0.6 is 11.8 Å². The summed E-state index contributed by atoms with van der Waals surface area (Å²) in [5.74, 6) is 3.07. The van der Waals surface area contributed by atoms with Gasteiger partial charge in [-0.05, 0) is 24.2 Å². The van der Waals surface area contributed by atoms with Crippen molar-refractivity contribution in [2.75, 3.05) is 5.75 Å². The van der Waals surface area contributed by atoms with E-state index in [4.69, 9.17) is 0 Å². The molecule has 0 aromatic carbocycles. The van der Waals surface area contributed by atoms with Gasteiger partial charge in [0.05, 0.1) is 0 Å². The van der Waals surface area contributed by atoms with Gasteiger partial charge in [0, 0.05) is 12.2 Å². The molecule has 0 bridgehead atoms. The lowest BCUT2D eigenvalue weighted by atomic mass is 9.90. The summed E-state index contributed by atoms with van der Waals surface area (Å²) in [5.41, 5.74) is 0. The highest BCUT2D eigenvalue weighted by Gasteiger charge is 2.15. The Morgan fingerprint density at radius 2 is 1.88 bits per heavy atom. The number of hydrogen-bond donors (Lipinski definition) is 0. The summed E-state index contributed by atoms with van der Waals surface area (Å²) in [4.78, 5) is 11.4. The van der Waals surface area contributed by atoms with Gasteiger partial charge in [0.1, 0.15) is 0 Å². The van der Waals surface area contributed by atoms with Gasteiger partial charge in [-0.15, -0.1) is 6.58 Å². The first-order valence-corrected chi connectivity index (χ1v) is 7.22. The van der Waals surface area contributed by atoms with Crippen molar-refractivity contribution in [3.05, 3.63) is 12.7 Å². The monoisotopic (exact) mass is 242 g/mol. The molecular formula is C14H26OS. The van der Waals surface area contributed by atoms with Crippen LogP contribution in [0, 0.1) is 17.8 Å². The number of carbonyl (C=O) groups is 1. The van der Waals surface area contributed by atoms with Crippen LogP contribution in [0.15, 0.2) is 12.7 Å². The van der Waals surface area contributed by atoms with Gasteiger partial charge in [-0.25, -0.2) is 0 Å². The van der Waals surface area contributed by atoms with Gasteiger partial charge in [0.25, 0.3) is 0 Å². The van der Waals surface area contributed by atoms with Crippen LogP contribution < -0.4 is 0 Å². The van der Waals surface area contributed by atoms with E-state index in [1.807, 2.05) is 0 Å². The van der Waals surface area contributed by atoms with Crippen LogP contribution in [-0.2, 0) is 4.79 Å². The van der Waals surface area contributed by atoms with Crippen LogP contribution in [0.4, 0.5) is 0 Å². The third-order valence-corrected chi connectivity index (χ3v) is 3.91. The second kappa shape index (κ2) is 8.86. The molecule has 0 N–H and O–H groups in total. The minimum atomic E-state index is 0.255. The third-order valence-electron chi connectivity index (χ3n) is 2.83. The third kappa shape index (κ3) is 7.98. The maximum Gasteiger partial charge on any atom is 0.192 e. The molecule has 0 aromatic rings. The Balaban J connectivity index is 3.93. The normalized spacial score (nSPS) is 13.1. The summed E-state index contributed by atoms with van der Waals surface area (Å²) in [6.07, 6.45) is 4.69. The second-order valence-corrected chi connectivity index (χ2v) is 6.23. The molecule has 0 rings (SSSR count). The van der Waals surface area contributed by atoms with Gasteiger partial charge in [-0.2, -0.15) is 0 Å². The Hall–Kier alpha value is -0.240. The number of thioether (sulfide) groups is 1. The standard InChI is InChI=1S/C14H26OS/c1-6-7-14(15)16-10-13(12(4)5)9-8-11(2)3/h6,11-13H,1,7-10H2,2-5H3. The highest BCUT2D eigenvalue weighted by molar-refractivity contribution is 8.13. The molecule has 16 heavy (non-hydrogen) atoms. The van der Waals surface area contributed by atoms with E-state index in [1.165, 1.54) is 24.6 Å². The Morgan fingerprint density at radius 1 is 1.25 bits per heavy atom. The molecule has 0 radical (unpaired) electrons. The predicted molar refractivity (Wildman–Crippen MR) is 74.7 cm³/mol. The molecule has 2 heteroatoms. The molecule has 0 aliphatic heterocycles. The summed E-state index contributed by atoms with van der Waals surface area (Å²) in [5, 5.41) is 0.255. The Labute approximate surface area is 105 Å². The van der Waals surface area contributed by atoms with Crippen LogP contribution in [0.2, 0.25) is 0 Å². The topological polar surface area (TPSA) is 17.1 Å². The molecule has 0 heterocycles. The van der Waals surface area contributed by atoms with E-state index in [9.17, 15) is 4.79 Å². The molecule has 94 valence electrons. The van der Waals surface area contributed by atoms with Crippen molar-refractivity contribution in [3.8, 4) is 0 Å². The zero-order valence-electron chi connectivity index (χ0n) is 11.2. The molecule has 0 amide bonds. The molecule has 1 unspecified atom stereocenters. The van der Waals surface area contributed by atoms with E-state index in [0.29, 0.717) is 18.3 Å². The average Bonchev–Trinajstić information content (AvgIpc) is 2.17. The summed E-state index contributed by atoms with van der Waals surface area (Å²) < 4.78 is 0. The summed E-state index contributed by atoms with van der Waals surface area (Å²) in [6, 6.07) is 0. The quantitative estimate of drug-likeness (QED) is 0.582. The van der Waals surface area contributed by atoms with Crippen molar-refractivity contribution in [3.63, 3.8) is 0 Å². The van der Waals surface area contributed by atoms with Gasteiger partial charge in [-0.3, -0.25) is 4.79 Å². The van der Waals surface area contributed by atoms with Gasteiger partial charge in [0.15, 0.2) is 5.12 Å². The molecule has 1 atom stereocenters. The molecular weight excluding hydrogens is 216 g/mol. The fourth-order valence-electron chi connectivity index (χ4n) is 1.53. The van der Waals surface area contributed by atoms with Crippen molar-refractivity contribution in [2.45, 2.75) is 47.0 Å². The van der Waals surface area contributed by atoms with E-state index in [0.717, 1.165) is 11.7 Å². The smallest absolute Gasteiger partial charge is 0.192 e. The van der Waals surface area contributed by atoms with E-state index in [1.54, 1.807) is 6.08 Å². The largest absolute Gasteiger partial charge is 0.287 e. The van der Waals surface area contributed by atoms with Crippen molar-refractivity contribution in [1.82, 2.24) is 0 Å². The molecule has 0 aromatic heterocycles. The Morgan fingerprint density at radius 3 is 2.31 bits per heavy atom. The molecule has 0 saturated carbocycles. The Bertz CT molecular complexity index is 209. The maximum absolute atomic E-state index is 11.4. The van der Waals surface area contributed by atoms with Gasteiger partial charge in [0.2, 0.25) is 0 Å². The molecule has 0 fully saturated rings. The average molecular weight is 242 g/mol. The van der Waals surface area contributed by atoms with E-state index < -0.39 is 0 Å². The fraction of sp³-hybridized carbons (Fsp3) is 0.786. The molecule has 0 spiro atoms. The van der Waals surface area contributed by atoms with E-state index in [2.05, 4.69) is 34.3 Å². The zero-order chi connectivity index (χ0) is 12.6. The second-order valence-electron chi connectivity index (χ2n) is 5.15. The highest BCUT2D eigenvalue weighted by Crippen LogP contribution is 2.24. The van der Waals surface area contributed by atoms with Crippen molar-refractivity contribution in [2.24, 2.45) is 17.8 Å². The first-order valence-electron chi connectivity index (χ1n) is 6.23. The SMILES string of the molecule is C=CCC(=O)SCC(CCC(C)C)C(C)C. The maximum atomic E-state index is 11.4. The number of hydrogen-bond acceptors (Lipinski definition) is 2. The minimum Gasteiger partial charge on any atom is -0.287 e. The van der Waals surface area contributed by atoms with Crippen LogP contribution in [0.1, 0.15) is 47.0 Å². The van der Waals surface area contributed by atoms with Crippen LogP contribution in [0.3, 0.4) is 0 Å². The lowest BCUT2D eigenvalue weighted by Gasteiger charge is -2.20. The van der Waals surface area contributed by atoms with E-state index >= 15 is 0 Å². The first kappa shape index (κ1) is 15.8. The first-order chi connectivity index (χ1) is 7.47. The molecule has 1 nitrogen and oxygen atoms in total. The predicted octanol–water partition coefficient (Wildman–Crippen LogP) is 4.53. The van der Waals surface area contributed by atoms with Crippen molar-refractivity contribution >= 4 is 16.9 Å². The highest BCUT2D eigenvalue weighted by atomic mass is 32.2. The Kier molecular flexibility index (Phi) is 8.73. The summed E-state index contributed by atoms with van der Waals surface area (Å²) >= 11 is 1.48. The lowest BCUT2D eigenvalue weighted by molar-refractivity contribution is -0.110. The zero-order valence-corrected chi connectivity index (χ0v) is 12.0. The lowest BCUT2D eigenvalue weighted by Crippen LogP contribution is -2.14. The van der Waals surface area contributed by atoms with Crippen LogP contribution in [0.25, 0.3) is 0 Å². The van der Waals surface area contributed by atoms with Crippen LogP contribution in [-0.4, -0.2) is 10.9 Å². The number of allylic oxidation sites excluding steroid dienone is 1. The van der Waals surface area contributed by atoms with Crippen molar-refractivity contribution in [1.29, 1.82) is 0 Å².